The molecule has 0 saturated heterocycles. The standard InChI is InChI=1S/C12H15N3O2S2/c1-8-4-3-5-10(13)11(8)19(16,17)15-9(2)12-14-6-7-18-12/h3-7,9,15H,13H2,1-2H3. The van der Waals surface area contributed by atoms with Crippen LogP contribution < -0.4 is 10.5 Å². The van der Waals surface area contributed by atoms with Gasteiger partial charge in [-0.25, -0.2) is 18.1 Å². The molecular formula is C12H15N3O2S2. The summed E-state index contributed by atoms with van der Waals surface area (Å²) in [6.45, 7) is 3.48. The minimum absolute atomic E-state index is 0.137. The molecule has 0 saturated carbocycles. The largest absolute Gasteiger partial charge is 0.398 e. The summed E-state index contributed by atoms with van der Waals surface area (Å²) in [7, 11) is -3.66. The van der Waals surface area contributed by atoms with Gasteiger partial charge >= 0.3 is 0 Å². The van der Waals surface area contributed by atoms with Gasteiger partial charge in [0.25, 0.3) is 0 Å². The molecule has 1 aromatic heterocycles. The Balaban J connectivity index is 2.33. The Morgan fingerprint density at radius 1 is 1.42 bits per heavy atom. The van der Waals surface area contributed by atoms with Crippen LogP contribution in [-0.4, -0.2) is 13.4 Å². The molecular weight excluding hydrogens is 282 g/mol. The number of hydrogen-bond donors (Lipinski definition) is 2. The lowest BCUT2D eigenvalue weighted by Gasteiger charge is -2.15. The first kappa shape index (κ1) is 14.0. The second-order valence-electron chi connectivity index (χ2n) is 4.21. The number of hydrogen-bond acceptors (Lipinski definition) is 5. The van der Waals surface area contributed by atoms with E-state index in [2.05, 4.69) is 9.71 Å². The molecule has 102 valence electrons. The Kier molecular flexibility index (Phi) is 3.88. The third-order valence-corrected chi connectivity index (χ3v) is 5.38. The Morgan fingerprint density at radius 3 is 2.74 bits per heavy atom. The summed E-state index contributed by atoms with van der Waals surface area (Å²) in [5.74, 6) is 0. The number of anilines is 1. The molecule has 0 aliphatic heterocycles. The SMILES string of the molecule is Cc1cccc(N)c1S(=O)(=O)NC(C)c1nccs1. The van der Waals surface area contributed by atoms with E-state index < -0.39 is 10.0 Å². The first-order valence-electron chi connectivity index (χ1n) is 5.68. The van der Waals surface area contributed by atoms with Crippen molar-refractivity contribution in [1.82, 2.24) is 9.71 Å². The van der Waals surface area contributed by atoms with Gasteiger partial charge in [0, 0.05) is 11.6 Å². The third kappa shape index (κ3) is 2.94. The summed E-state index contributed by atoms with van der Waals surface area (Å²) in [4.78, 5) is 4.24. The number of nitrogen functional groups attached to an aromatic ring is 1. The molecule has 0 radical (unpaired) electrons. The van der Waals surface area contributed by atoms with E-state index in [9.17, 15) is 8.42 Å². The van der Waals surface area contributed by atoms with Gasteiger partial charge in [0.1, 0.15) is 9.90 Å². The molecule has 7 heteroatoms. The van der Waals surface area contributed by atoms with Crippen LogP contribution in [0.5, 0.6) is 0 Å². The van der Waals surface area contributed by atoms with E-state index in [4.69, 9.17) is 5.73 Å². The Morgan fingerprint density at radius 2 is 2.16 bits per heavy atom. The monoisotopic (exact) mass is 297 g/mol. The number of rotatable bonds is 4. The van der Waals surface area contributed by atoms with Gasteiger partial charge in [-0.3, -0.25) is 0 Å². The van der Waals surface area contributed by atoms with Gasteiger partial charge in [-0.15, -0.1) is 11.3 Å². The zero-order valence-electron chi connectivity index (χ0n) is 10.6. The van der Waals surface area contributed by atoms with Crippen LogP contribution in [0.15, 0.2) is 34.7 Å². The van der Waals surface area contributed by atoms with Crippen molar-refractivity contribution in [2.24, 2.45) is 0 Å². The number of nitrogens with one attached hydrogen (secondary N) is 1. The van der Waals surface area contributed by atoms with Crippen LogP contribution in [0.4, 0.5) is 5.69 Å². The van der Waals surface area contributed by atoms with Crippen LogP contribution in [0, 0.1) is 6.92 Å². The van der Waals surface area contributed by atoms with Gasteiger partial charge in [0.2, 0.25) is 10.0 Å². The van der Waals surface area contributed by atoms with Crippen molar-refractivity contribution in [3.63, 3.8) is 0 Å². The topological polar surface area (TPSA) is 85.1 Å². The average molecular weight is 297 g/mol. The molecule has 0 aliphatic rings. The predicted octanol–water partition coefficient (Wildman–Crippen LogP) is 2.07. The van der Waals surface area contributed by atoms with Crippen LogP contribution in [0.3, 0.4) is 0 Å². The summed E-state index contributed by atoms with van der Waals surface area (Å²) in [5.41, 5.74) is 6.64. The zero-order valence-corrected chi connectivity index (χ0v) is 12.3. The predicted molar refractivity (Wildman–Crippen MR) is 76.4 cm³/mol. The molecule has 2 aromatic rings. The number of nitrogens with zero attached hydrogens (tertiary/aromatic N) is 1. The second-order valence-corrected chi connectivity index (χ2v) is 6.78. The molecule has 0 amide bonds. The summed E-state index contributed by atoms with van der Waals surface area (Å²) in [6, 6.07) is 4.65. The highest BCUT2D eigenvalue weighted by molar-refractivity contribution is 7.89. The Labute approximate surface area is 116 Å². The number of sulfonamides is 1. The van der Waals surface area contributed by atoms with Crippen molar-refractivity contribution in [3.05, 3.63) is 40.3 Å². The minimum Gasteiger partial charge on any atom is -0.398 e. The van der Waals surface area contributed by atoms with Crippen molar-refractivity contribution in [2.45, 2.75) is 24.8 Å². The fourth-order valence-electron chi connectivity index (χ4n) is 1.83. The molecule has 3 N–H and O–H groups in total. The van der Waals surface area contributed by atoms with Crippen LogP contribution in [-0.2, 0) is 10.0 Å². The van der Waals surface area contributed by atoms with Crippen LogP contribution in [0.25, 0.3) is 0 Å². The second kappa shape index (κ2) is 5.28. The van der Waals surface area contributed by atoms with E-state index in [-0.39, 0.29) is 16.6 Å². The lowest BCUT2D eigenvalue weighted by molar-refractivity contribution is 0.566. The molecule has 5 nitrogen and oxygen atoms in total. The maximum Gasteiger partial charge on any atom is 0.243 e. The highest BCUT2D eigenvalue weighted by Crippen LogP contribution is 2.24. The van der Waals surface area contributed by atoms with E-state index in [0.29, 0.717) is 5.56 Å². The van der Waals surface area contributed by atoms with Crippen LogP contribution >= 0.6 is 11.3 Å². The van der Waals surface area contributed by atoms with Crippen molar-refractivity contribution in [1.29, 1.82) is 0 Å². The van der Waals surface area contributed by atoms with Gasteiger partial charge in [0.05, 0.1) is 11.7 Å². The van der Waals surface area contributed by atoms with Crippen molar-refractivity contribution >= 4 is 27.0 Å². The molecule has 1 heterocycles. The van der Waals surface area contributed by atoms with E-state index in [1.807, 2.05) is 5.38 Å². The van der Waals surface area contributed by atoms with Crippen LogP contribution in [0.2, 0.25) is 0 Å². The molecule has 19 heavy (non-hydrogen) atoms. The third-order valence-electron chi connectivity index (χ3n) is 2.66. The number of thiazole rings is 1. The number of aromatic nitrogens is 1. The number of aryl methyl sites for hydroxylation is 1. The first-order chi connectivity index (χ1) is 8.92. The van der Waals surface area contributed by atoms with Gasteiger partial charge in [-0.2, -0.15) is 0 Å². The van der Waals surface area contributed by atoms with Crippen molar-refractivity contribution in [3.8, 4) is 0 Å². The summed E-state index contributed by atoms with van der Waals surface area (Å²) in [5, 5.41) is 2.53. The first-order valence-corrected chi connectivity index (χ1v) is 8.05. The highest BCUT2D eigenvalue weighted by atomic mass is 32.2. The molecule has 0 bridgehead atoms. The Bertz CT molecular complexity index is 646. The molecule has 0 fully saturated rings. The maximum atomic E-state index is 12.4. The van der Waals surface area contributed by atoms with E-state index in [1.165, 1.54) is 11.3 Å². The van der Waals surface area contributed by atoms with Gasteiger partial charge < -0.3 is 5.73 Å². The van der Waals surface area contributed by atoms with E-state index >= 15 is 0 Å². The molecule has 1 atom stereocenters. The average Bonchev–Trinajstić information content (AvgIpc) is 2.80. The van der Waals surface area contributed by atoms with Crippen molar-refractivity contribution in [2.75, 3.05) is 5.73 Å². The Hall–Kier alpha value is -1.44. The lowest BCUT2D eigenvalue weighted by atomic mass is 10.2. The van der Waals surface area contributed by atoms with E-state index in [1.54, 1.807) is 38.2 Å². The molecule has 1 unspecified atom stereocenters. The fraction of sp³-hybridized carbons (Fsp3) is 0.250. The summed E-state index contributed by atoms with van der Waals surface area (Å²) in [6.07, 6.45) is 1.65. The summed E-state index contributed by atoms with van der Waals surface area (Å²) < 4.78 is 27.3. The van der Waals surface area contributed by atoms with Crippen LogP contribution in [0.1, 0.15) is 23.5 Å². The number of benzene rings is 1. The molecule has 0 aliphatic carbocycles. The van der Waals surface area contributed by atoms with Gasteiger partial charge in [-0.05, 0) is 25.5 Å². The normalized spacial score (nSPS) is 13.4. The van der Waals surface area contributed by atoms with E-state index in [0.717, 1.165) is 5.01 Å². The molecule has 1 aromatic carbocycles. The quantitative estimate of drug-likeness (QED) is 0.846. The fourth-order valence-corrected chi connectivity index (χ4v) is 4.12. The molecule has 0 spiro atoms. The zero-order chi connectivity index (χ0) is 14.0. The maximum absolute atomic E-state index is 12.4. The van der Waals surface area contributed by atoms with Gasteiger partial charge in [-0.1, -0.05) is 12.1 Å². The summed E-state index contributed by atoms with van der Waals surface area (Å²) >= 11 is 1.41. The highest BCUT2D eigenvalue weighted by Gasteiger charge is 2.23. The smallest absolute Gasteiger partial charge is 0.243 e. The van der Waals surface area contributed by atoms with Gasteiger partial charge in [0.15, 0.2) is 0 Å². The molecule has 2 rings (SSSR count). The minimum atomic E-state index is -3.66. The van der Waals surface area contributed by atoms with Crippen molar-refractivity contribution < 1.29 is 8.42 Å². The lowest BCUT2D eigenvalue weighted by Crippen LogP contribution is -2.28. The number of nitrogens with two attached hydrogens (primary N) is 1.